The quantitative estimate of drug-likeness (QED) is 0.711. The highest BCUT2D eigenvalue weighted by Crippen LogP contribution is 2.18. The van der Waals surface area contributed by atoms with Crippen LogP contribution in [0.1, 0.15) is 11.6 Å². The number of alkyl halides is 2. The van der Waals surface area contributed by atoms with Crippen molar-refractivity contribution in [2.24, 2.45) is 12.8 Å². The Kier molecular flexibility index (Phi) is 2.69. The molecule has 1 heterocycles. The van der Waals surface area contributed by atoms with E-state index in [9.17, 15) is 8.78 Å². The molecule has 0 aliphatic carbocycles. The molecular weight excluding hydrogens is 166 g/mol. The first kappa shape index (κ1) is 9.05. The summed E-state index contributed by atoms with van der Waals surface area (Å²) in [6.45, 7) is -0.115. The first-order valence-electron chi connectivity index (χ1n) is 3.49. The number of rotatable bonds is 3. The molecule has 1 rings (SSSR count). The Morgan fingerprint density at radius 3 is 2.67 bits per heavy atom. The minimum atomic E-state index is -2.48. The lowest BCUT2D eigenvalue weighted by molar-refractivity contribution is 0.115. The SMILES string of the molecule is Cn1cc(C(CN)C(F)F)nn1. The maximum Gasteiger partial charge on any atom is 0.248 e. The summed E-state index contributed by atoms with van der Waals surface area (Å²) in [5.74, 6) is -1.00. The smallest absolute Gasteiger partial charge is 0.248 e. The van der Waals surface area contributed by atoms with Crippen LogP contribution in [0.2, 0.25) is 0 Å². The molecule has 0 amide bonds. The fourth-order valence-corrected chi connectivity index (χ4v) is 0.888. The molecule has 68 valence electrons. The van der Waals surface area contributed by atoms with Gasteiger partial charge in [-0.3, -0.25) is 4.68 Å². The summed E-state index contributed by atoms with van der Waals surface area (Å²) in [5, 5.41) is 7.11. The van der Waals surface area contributed by atoms with Crippen molar-refractivity contribution in [3.63, 3.8) is 0 Å². The second kappa shape index (κ2) is 3.57. The number of nitrogens with two attached hydrogens (primary N) is 1. The van der Waals surface area contributed by atoms with Gasteiger partial charge in [-0.2, -0.15) is 0 Å². The summed E-state index contributed by atoms with van der Waals surface area (Å²) in [6.07, 6.45) is -1.03. The largest absolute Gasteiger partial charge is 0.330 e. The molecule has 6 heteroatoms. The van der Waals surface area contributed by atoms with Crippen LogP contribution in [-0.4, -0.2) is 28.0 Å². The average molecular weight is 176 g/mol. The van der Waals surface area contributed by atoms with Crippen LogP contribution < -0.4 is 5.73 Å². The van der Waals surface area contributed by atoms with Crippen molar-refractivity contribution in [1.82, 2.24) is 15.0 Å². The van der Waals surface area contributed by atoms with Crippen molar-refractivity contribution in [3.05, 3.63) is 11.9 Å². The maximum absolute atomic E-state index is 12.2. The normalized spacial score (nSPS) is 13.8. The van der Waals surface area contributed by atoms with Crippen LogP contribution in [0.4, 0.5) is 8.78 Å². The molecular formula is C6H10F2N4. The Morgan fingerprint density at radius 2 is 2.33 bits per heavy atom. The van der Waals surface area contributed by atoms with Crippen LogP contribution >= 0.6 is 0 Å². The van der Waals surface area contributed by atoms with Crippen molar-refractivity contribution >= 4 is 0 Å². The van der Waals surface area contributed by atoms with Gasteiger partial charge in [0.1, 0.15) is 0 Å². The number of aryl methyl sites for hydroxylation is 1. The van der Waals surface area contributed by atoms with E-state index in [1.807, 2.05) is 0 Å². The summed E-state index contributed by atoms with van der Waals surface area (Å²) >= 11 is 0. The van der Waals surface area contributed by atoms with Crippen molar-refractivity contribution in [3.8, 4) is 0 Å². The first-order chi connectivity index (χ1) is 5.65. The fourth-order valence-electron chi connectivity index (χ4n) is 0.888. The lowest BCUT2D eigenvalue weighted by Crippen LogP contribution is -2.20. The van der Waals surface area contributed by atoms with Crippen LogP contribution in [0.25, 0.3) is 0 Å². The van der Waals surface area contributed by atoms with Gasteiger partial charge >= 0.3 is 0 Å². The fraction of sp³-hybridized carbons (Fsp3) is 0.667. The average Bonchev–Trinajstić information content (AvgIpc) is 2.37. The minimum absolute atomic E-state index is 0.115. The Hall–Kier alpha value is -1.04. The van der Waals surface area contributed by atoms with Crippen molar-refractivity contribution in [2.45, 2.75) is 12.3 Å². The monoisotopic (exact) mass is 176 g/mol. The molecule has 1 aromatic rings. The van der Waals surface area contributed by atoms with Gasteiger partial charge in [0.2, 0.25) is 6.43 Å². The van der Waals surface area contributed by atoms with Gasteiger partial charge in [-0.1, -0.05) is 5.21 Å². The van der Waals surface area contributed by atoms with E-state index in [4.69, 9.17) is 5.73 Å². The van der Waals surface area contributed by atoms with E-state index >= 15 is 0 Å². The molecule has 0 saturated carbocycles. The first-order valence-corrected chi connectivity index (χ1v) is 3.49. The number of hydrogen-bond acceptors (Lipinski definition) is 3. The van der Waals surface area contributed by atoms with Crippen molar-refractivity contribution in [2.75, 3.05) is 6.54 Å². The van der Waals surface area contributed by atoms with Gasteiger partial charge in [0, 0.05) is 19.8 Å². The van der Waals surface area contributed by atoms with Gasteiger partial charge in [-0.15, -0.1) is 5.10 Å². The van der Waals surface area contributed by atoms with E-state index in [2.05, 4.69) is 10.3 Å². The molecule has 0 spiro atoms. The molecule has 1 unspecified atom stereocenters. The molecule has 12 heavy (non-hydrogen) atoms. The minimum Gasteiger partial charge on any atom is -0.330 e. The zero-order valence-electron chi connectivity index (χ0n) is 6.61. The van der Waals surface area contributed by atoms with Gasteiger partial charge in [-0.25, -0.2) is 8.78 Å². The summed E-state index contributed by atoms with van der Waals surface area (Å²) in [7, 11) is 1.62. The second-order valence-corrected chi connectivity index (χ2v) is 2.49. The van der Waals surface area contributed by atoms with Gasteiger partial charge in [0.05, 0.1) is 11.6 Å². The molecule has 0 aromatic carbocycles. The lowest BCUT2D eigenvalue weighted by atomic mass is 10.1. The van der Waals surface area contributed by atoms with Gasteiger partial charge in [-0.05, 0) is 0 Å². The van der Waals surface area contributed by atoms with Gasteiger partial charge in [0.15, 0.2) is 0 Å². The van der Waals surface area contributed by atoms with Crippen LogP contribution in [0.3, 0.4) is 0 Å². The molecule has 0 saturated heterocycles. The highest BCUT2D eigenvalue weighted by Gasteiger charge is 2.23. The summed E-state index contributed by atoms with van der Waals surface area (Å²) in [6, 6.07) is 0. The molecule has 2 N–H and O–H groups in total. The third-order valence-electron chi connectivity index (χ3n) is 1.56. The van der Waals surface area contributed by atoms with Crippen LogP contribution in [0.15, 0.2) is 6.20 Å². The standard InChI is InChI=1S/C6H10F2N4/c1-12-3-5(10-11-12)4(2-9)6(7)8/h3-4,6H,2,9H2,1H3. The molecule has 0 bridgehead atoms. The van der Waals surface area contributed by atoms with Crippen molar-refractivity contribution < 1.29 is 8.78 Å². The number of nitrogens with zero attached hydrogens (tertiary/aromatic N) is 3. The molecule has 0 aliphatic rings. The Bertz CT molecular complexity index is 247. The van der Waals surface area contributed by atoms with E-state index in [-0.39, 0.29) is 12.2 Å². The Labute approximate surface area is 68.4 Å². The number of aromatic nitrogens is 3. The van der Waals surface area contributed by atoms with Gasteiger partial charge < -0.3 is 5.73 Å². The zero-order valence-corrected chi connectivity index (χ0v) is 6.61. The predicted octanol–water partition coefficient (Wildman–Crippen LogP) is 0.122. The second-order valence-electron chi connectivity index (χ2n) is 2.49. The highest BCUT2D eigenvalue weighted by atomic mass is 19.3. The van der Waals surface area contributed by atoms with E-state index in [0.717, 1.165) is 0 Å². The Morgan fingerprint density at radius 1 is 1.67 bits per heavy atom. The molecule has 0 aliphatic heterocycles. The molecule has 1 atom stereocenters. The third-order valence-corrected chi connectivity index (χ3v) is 1.56. The highest BCUT2D eigenvalue weighted by molar-refractivity contribution is 5.03. The molecule has 4 nitrogen and oxygen atoms in total. The maximum atomic E-state index is 12.2. The number of hydrogen-bond donors (Lipinski definition) is 1. The summed E-state index contributed by atoms with van der Waals surface area (Å²) < 4.78 is 25.9. The van der Waals surface area contributed by atoms with Crippen LogP contribution in [0.5, 0.6) is 0 Å². The zero-order chi connectivity index (χ0) is 9.14. The van der Waals surface area contributed by atoms with Gasteiger partial charge in [0.25, 0.3) is 0 Å². The van der Waals surface area contributed by atoms with E-state index < -0.39 is 12.3 Å². The van der Waals surface area contributed by atoms with Crippen LogP contribution in [-0.2, 0) is 7.05 Å². The third kappa shape index (κ3) is 1.76. The van der Waals surface area contributed by atoms with E-state index in [0.29, 0.717) is 0 Å². The molecule has 0 fully saturated rings. The molecule has 1 aromatic heterocycles. The Balaban J connectivity index is 2.80. The molecule has 0 radical (unpaired) electrons. The van der Waals surface area contributed by atoms with E-state index in [1.54, 1.807) is 7.05 Å². The van der Waals surface area contributed by atoms with Crippen LogP contribution in [0, 0.1) is 0 Å². The number of halogens is 2. The van der Waals surface area contributed by atoms with E-state index in [1.165, 1.54) is 10.9 Å². The topological polar surface area (TPSA) is 56.7 Å². The lowest BCUT2D eigenvalue weighted by Gasteiger charge is -2.08. The van der Waals surface area contributed by atoms with Crippen molar-refractivity contribution in [1.29, 1.82) is 0 Å². The predicted molar refractivity (Wildman–Crippen MR) is 38.8 cm³/mol. The summed E-state index contributed by atoms with van der Waals surface area (Å²) in [4.78, 5) is 0. The summed E-state index contributed by atoms with van der Waals surface area (Å²) in [5.41, 5.74) is 5.40.